The van der Waals surface area contributed by atoms with Gasteiger partial charge in [-0.2, -0.15) is 0 Å². The van der Waals surface area contributed by atoms with Gasteiger partial charge in [0.25, 0.3) is 7.52 Å². The van der Waals surface area contributed by atoms with Gasteiger partial charge in [0.2, 0.25) is 11.8 Å². The van der Waals surface area contributed by atoms with E-state index >= 15 is 0 Å². The second kappa shape index (κ2) is 13.6. The second-order valence-electron chi connectivity index (χ2n) is 8.39. The zero-order valence-corrected chi connectivity index (χ0v) is 20.7. The Bertz CT molecular complexity index is 1020. The van der Waals surface area contributed by atoms with Gasteiger partial charge in [-0.15, -0.1) is 0 Å². The van der Waals surface area contributed by atoms with E-state index in [0.29, 0.717) is 5.56 Å². The Hall–Kier alpha value is -3.20. The molecule has 0 aromatic heterocycles. The van der Waals surface area contributed by atoms with Crippen LogP contribution in [0, 0.1) is 5.92 Å². The molecule has 6 N–H and O–H groups in total. The Morgan fingerprint density at radius 2 is 1.57 bits per heavy atom. The maximum absolute atomic E-state index is 13.4. The summed E-state index contributed by atoms with van der Waals surface area (Å²) >= 11 is 0. The van der Waals surface area contributed by atoms with Gasteiger partial charge in [-0.05, 0) is 17.0 Å². The Balaban J connectivity index is 2.15. The third kappa shape index (κ3) is 9.90. The van der Waals surface area contributed by atoms with E-state index in [4.69, 9.17) is 10.5 Å². The smallest absolute Gasteiger partial charge is 0.408 e. The first kappa shape index (κ1) is 28.0. The largest absolute Gasteiger partial charge is 0.445 e. The third-order valence-electron chi connectivity index (χ3n) is 5.14. The summed E-state index contributed by atoms with van der Waals surface area (Å²) in [5, 5.41) is 7.57. The topological polar surface area (TPSA) is 160 Å². The molecule has 0 spiro atoms. The fraction of sp³-hybridized carbons (Fsp3) is 0.375. The van der Waals surface area contributed by atoms with E-state index in [1.807, 2.05) is 12.1 Å². The number of benzene rings is 2. The summed E-state index contributed by atoms with van der Waals surface area (Å²) in [6.07, 6.45) is -0.896. The Kier molecular flexibility index (Phi) is 10.9. The molecule has 3 atom stereocenters. The average molecular weight is 505 g/mol. The second-order valence-corrected chi connectivity index (χ2v) is 10.5. The van der Waals surface area contributed by atoms with Crippen molar-refractivity contribution in [3.8, 4) is 0 Å². The molecule has 35 heavy (non-hydrogen) atoms. The highest BCUT2D eigenvalue weighted by atomic mass is 31.2. The van der Waals surface area contributed by atoms with Gasteiger partial charge >= 0.3 is 6.09 Å². The molecule has 0 aliphatic carbocycles. The lowest BCUT2D eigenvalue weighted by Gasteiger charge is -2.29. The summed E-state index contributed by atoms with van der Waals surface area (Å²) < 4.78 is 18.7. The van der Waals surface area contributed by atoms with Gasteiger partial charge < -0.3 is 26.0 Å². The van der Waals surface area contributed by atoms with E-state index in [1.54, 1.807) is 62.4 Å². The molecule has 2 aromatic carbocycles. The van der Waals surface area contributed by atoms with Gasteiger partial charge in [-0.25, -0.2) is 9.88 Å². The van der Waals surface area contributed by atoms with E-state index in [1.165, 1.54) is 0 Å². The van der Waals surface area contributed by atoms with Crippen molar-refractivity contribution >= 4 is 25.4 Å². The molecule has 0 fully saturated rings. The molecule has 190 valence electrons. The molecule has 2 aromatic rings. The first-order valence-electron chi connectivity index (χ1n) is 11.3. The number of hydrogen-bond donors (Lipinski definition) is 5. The van der Waals surface area contributed by atoms with Crippen molar-refractivity contribution in [3.63, 3.8) is 0 Å². The number of alkyl carbamates (subject to hydrolysis) is 1. The average Bonchev–Trinajstić information content (AvgIpc) is 2.81. The van der Waals surface area contributed by atoms with Gasteiger partial charge in [0.1, 0.15) is 12.4 Å². The van der Waals surface area contributed by atoms with Crippen LogP contribution in [0.2, 0.25) is 0 Å². The molecule has 0 bridgehead atoms. The fourth-order valence-electron chi connectivity index (χ4n) is 3.22. The first-order chi connectivity index (χ1) is 16.6. The van der Waals surface area contributed by atoms with E-state index in [-0.39, 0.29) is 31.9 Å². The van der Waals surface area contributed by atoms with Gasteiger partial charge in [0.15, 0.2) is 0 Å². The predicted octanol–water partition coefficient (Wildman–Crippen LogP) is 2.27. The number of primary amides is 1. The summed E-state index contributed by atoms with van der Waals surface area (Å²) in [6.45, 7) is 3.41. The van der Waals surface area contributed by atoms with Gasteiger partial charge in [0.05, 0.1) is 6.04 Å². The quantitative estimate of drug-likeness (QED) is 0.262. The molecular weight excluding hydrogens is 471 g/mol. The van der Waals surface area contributed by atoms with Crippen LogP contribution in [0.25, 0.3) is 0 Å². The molecule has 0 radical (unpaired) electrons. The van der Waals surface area contributed by atoms with Crippen molar-refractivity contribution in [2.75, 3.05) is 6.54 Å². The van der Waals surface area contributed by atoms with Crippen LogP contribution in [0.5, 0.6) is 0 Å². The van der Waals surface area contributed by atoms with E-state index < -0.39 is 37.3 Å². The van der Waals surface area contributed by atoms with Crippen LogP contribution in [-0.4, -0.2) is 41.2 Å². The zero-order chi connectivity index (χ0) is 25.8. The van der Waals surface area contributed by atoms with Gasteiger partial charge in [-0.3, -0.25) is 14.2 Å². The van der Waals surface area contributed by atoms with Crippen LogP contribution in [0.4, 0.5) is 4.79 Å². The van der Waals surface area contributed by atoms with Crippen molar-refractivity contribution in [2.24, 2.45) is 11.7 Å². The monoisotopic (exact) mass is 504 g/mol. The standard InChI is InChI=1S/C24H33N4O6P/c1-17(2)22(23(30)26-14-13-20(25)29)28-35(32,33)21(15-18-9-5-3-6-10-18)27-24(31)34-16-19-11-7-4-8-12-19/h3-12,17,21-22H,13-16H2,1-2H3,(H2,25,29)(H,26,30)(H,27,31)(H2,28,32,33)/t21?,22-/m0/s1. The number of nitrogens with two attached hydrogens (primary N) is 1. The third-order valence-corrected chi connectivity index (χ3v) is 6.94. The van der Waals surface area contributed by atoms with Gasteiger partial charge in [0, 0.05) is 19.4 Å². The highest BCUT2D eigenvalue weighted by molar-refractivity contribution is 7.56. The predicted molar refractivity (Wildman–Crippen MR) is 132 cm³/mol. The summed E-state index contributed by atoms with van der Waals surface area (Å²) in [7, 11) is -4.35. The zero-order valence-electron chi connectivity index (χ0n) is 19.8. The van der Waals surface area contributed by atoms with E-state index in [9.17, 15) is 23.8 Å². The molecule has 10 nitrogen and oxygen atoms in total. The summed E-state index contributed by atoms with van der Waals surface area (Å²) in [5.41, 5.74) is 6.57. The summed E-state index contributed by atoms with van der Waals surface area (Å²) in [4.78, 5) is 47.1. The number of rotatable bonds is 13. The highest BCUT2D eigenvalue weighted by Crippen LogP contribution is 2.43. The number of nitrogens with one attached hydrogen (secondary N) is 3. The number of hydrogen-bond acceptors (Lipinski definition) is 5. The Morgan fingerprint density at radius 3 is 2.11 bits per heavy atom. The first-order valence-corrected chi connectivity index (χ1v) is 13.0. The minimum Gasteiger partial charge on any atom is -0.445 e. The van der Waals surface area contributed by atoms with Crippen molar-refractivity contribution in [1.82, 2.24) is 15.7 Å². The molecule has 0 saturated heterocycles. The van der Waals surface area contributed by atoms with Crippen molar-refractivity contribution in [2.45, 2.75) is 45.1 Å². The van der Waals surface area contributed by atoms with Gasteiger partial charge in [-0.1, -0.05) is 74.5 Å². The molecule has 0 aliphatic heterocycles. The number of ether oxygens (including phenoxy) is 1. The number of carbonyl (C=O) groups excluding carboxylic acids is 3. The minimum absolute atomic E-state index is 0.00625. The molecule has 3 amide bonds. The number of carbonyl (C=O) groups is 3. The minimum atomic E-state index is -4.35. The lowest BCUT2D eigenvalue weighted by molar-refractivity contribution is -0.123. The maximum atomic E-state index is 13.4. The lowest BCUT2D eigenvalue weighted by Crippen LogP contribution is -2.49. The maximum Gasteiger partial charge on any atom is 0.408 e. The summed E-state index contributed by atoms with van der Waals surface area (Å²) in [5.74, 6) is -2.77. The Morgan fingerprint density at radius 1 is 1.00 bits per heavy atom. The van der Waals surface area contributed by atoms with Crippen LogP contribution in [-0.2, 0) is 31.9 Å². The van der Waals surface area contributed by atoms with Crippen LogP contribution >= 0.6 is 7.52 Å². The van der Waals surface area contributed by atoms with Crippen molar-refractivity contribution in [3.05, 3.63) is 71.8 Å². The summed E-state index contributed by atoms with van der Waals surface area (Å²) in [6, 6.07) is 16.9. The molecule has 0 aliphatic rings. The molecule has 11 heteroatoms. The lowest BCUT2D eigenvalue weighted by atomic mass is 10.1. The van der Waals surface area contributed by atoms with Crippen molar-refractivity contribution in [1.29, 1.82) is 0 Å². The van der Waals surface area contributed by atoms with Crippen molar-refractivity contribution < 1.29 is 28.6 Å². The normalized spacial score (nSPS) is 14.4. The van der Waals surface area contributed by atoms with Crippen LogP contribution < -0.4 is 21.5 Å². The molecular formula is C24H33N4O6P. The van der Waals surface area contributed by atoms with Crippen LogP contribution in [0.3, 0.4) is 0 Å². The van der Waals surface area contributed by atoms with Crippen LogP contribution in [0.15, 0.2) is 60.7 Å². The van der Waals surface area contributed by atoms with Crippen LogP contribution in [0.1, 0.15) is 31.4 Å². The molecule has 2 rings (SSSR count). The molecule has 0 saturated carbocycles. The molecule has 2 unspecified atom stereocenters. The molecule has 0 heterocycles. The fourth-order valence-corrected chi connectivity index (χ4v) is 4.95. The van der Waals surface area contributed by atoms with E-state index in [2.05, 4.69) is 15.7 Å². The number of amides is 3. The highest BCUT2D eigenvalue weighted by Gasteiger charge is 2.38. The Labute approximate surface area is 205 Å². The SMILES string of the molecule is CC(C)[C@H](NP(=O)(O)C(Cc1ccccc1)NC(=O)OCc1ccccc1)C(=O)NCCC(N)=O. The van der Waals surface area contributed by atoms with E-state index in [0.717, 1.165) is 5.56 Å².